The summed E-state index contributed by atoms with van der Waals surface area (Å²) < 4.78 is 15.9. The Bertz CT molecular complexity index is 642. The standard InChI is InChI=1S/C22H33NO5/c1-6-27-20(24)19(23-21(25)28-22(2,3)4)17-9-7-15(8-10-17)16-11-13-18(26-5)14-12-16/h7-10,16,18-19H,6,11-14H2,1-5H3,(H,23,25). The molecule has 0 aliphatic heterocycles. The van der Waals surface area contributed by atoms with Crippen LogP contribution < -0.4 is 5.32 Å². The van der Waals surface area contributed by atoms with Crippen molar-refractivity contribution < 1.29 is 23.8 Å². The minimum absolute atomic E-state index is 0.242. The Morgan fingerprint density at radius 1 is 1.11 bits per heavy atom. The van der Waals surface area contributed by atoms with Crippen LogP contribution in [0.2, 0.25) is 0 Å². The van der Waals surface area contributed by atoms with Crippen LogP contribution in [0, 0.1) is 0 Å². The molecule has 1 unspecified atom stereocenters. The predicted molar refractivity (Wildman–Crippen MR) is 107 cm³/mol. The lowest BCUT2D eigenvalue weighted by Gasteiger charge is -2.28. The number of hydrogen-bond acceptors (Lipinski definition) is 5. The number of nitrogens with one attached hydrogen (secondary N) is 1. The average Bonchev–Trinajstić information content (AvgIpc) is 2.65. The van der Waals surface area contributed by atoms with Crippen molar-refractivity contribution in [1.29, 1.82) is 0 Å². The van der Waals surface area contributed by atoms with Crippen LogP contribution in [0.25, 0.3) is 0 Å². The van der Waals surface area contributed by atoms with Gasteiger partial charge in [-0.3, -0.25) is 0 Å². The second-order valence-electron chi connectivity index (χ2n) is 8.21. The average molecular weight is 392 g/mol. The van der Waals surface area contributed by atoms with Crippen molar-refractivity contribution in [3.05, 3.63) is 35.4 Å². The van der Waals surface area contributed by atoms with E-state index in [1.165, 1.54) is 5.56 Å². The lowest BCUT2D eigenvalue weighted by Crippen LogP contribution is -2.38. The van der Waals surface area contributed by atoms with Crippen LogP contribution in [-0.4, -0.2) is 37.5 Å². The second-order valence-corrected chi connectivity index (χ2v) is 8.21. The van der Waals surface area contributed by atoms with E-state index in [4.69, 9.17) is 14.2 Å². The fourth-order valence-corrected chi connectivity index (χ4v) is 3.52. The molecule has 1 N–H and O–H groups in total. The van der Waals surface area contributed by atoms with Gasteiger partial charge in [0.1, 0.15) is 5.60 Å². The van der Waals surface area contributed by atoms with Gasteiger partial charge >= 0.3 is 12.1 Å². The number of amides is 1. The minimum Gasteiger partial charge on any atom is -0.464 e. The van der Waals surface area contributed by atoms with Gasteiger partial charge in [0.25, 0.3) is 0 Å². The highest BCUT2D eigenvalue weighted by Gasteiger charge is 2.28. The van der Waals surface area contributed by atoms with Gasteiger partial charge in [0.05, 0.1) is 12.7 Å². The van der Waals surface area contributed by atoms with Crippen molar-refractivity contribution in [3.8, 4) is 0 Å². The Morgan fingerprint density at radius 2 is 1.71 bits per heavy atom. The molecule has 28 heavy (non-hydrogen) atoms. The lowest BCUT2D eigenvalue weighted by molar-refractivity contribution is -0.145. The van der Waals surface area contributed by atoms with Gasteiger partial charge in [-0.05, 0) is 70.4 Å². The number of ether oxygens (including phenoxy) is 3. The van der Waals surface area contributed by atoms with E-state index >= 15 is 0 Å². The summed E-state index contributed by atoms with van der Waals surface area (Å²) in [6.07, 6.45) is 4.03. The third-order valence-corrected chi connectivity index (χ3v) is 4.93. The van der Waals surface area contributed by atoms with Crippen molar-refractivity contribution in [2.24, 2.45) is 0 Å². The monoisotopic (exact) mass is 391 g/mol. The molecule has 0 radical (unpaired) electrons. The van der Waals surface area contributed by atoms with E-state index in [-0.39, 0.29) is 6.61 Å². The zero-order valence-corrected chi connectivity index (χ0v) is 17.6. The van der Waals surface area contributed by atoms with Gasteiger partial charge in [0, 0.05) is 7.11 Å². The summed E-state index contributed by atoms with van der Waals surface area (Å²) in [5.41, 5.74) is 1.28. The third-order valence-electron chi connectivity index (χ3n) is 4.93. The SMILES string of the molecule is CCOC(=O)C(NC(=O)OC(C)(C)C)c1ccc(C2CCC(OC)CC2)cc1. The number of benzene rings is 1. The van der Waals surface area contributed by atoms with Gasteiger partial charge in [-0.2, -0.15) is 0 Å². The third kappa shape index (κ3) is 6.51. The van der Waals surface area contributed by atoms with E-state index in [9.17, 15) is 9.59 Å². The fraction of sp³-hybridized carbons (Fsp3) is 0.636. The number of methoxy groups -OCH3 is 1. The van der Waals surface area contributed by atoms with Crippen molar-refractivity contribution >= 4 is 12.1 Å². The van der Waals surface area contributed by atoms with Gasteiger partial charge in [-0.1, -0.05) is 24.3 Å². The first-order chi connectivity index (χ1) is 13.2. The van der Waals surface area contributed by atoms with Crippen LogP contribution in [0.5, 0.6) is 0 Å². The molecule has 1 amide bonds. The van der Waals surface area contributed by atoms with Crippen molar-refractivity contribution in [3.63, 3.8) is 0 Å². The topological polar surface area (TPSA) is 73.9 Å². The summed E-state index contributed by atoms with van der Waals surface area (Å²) >= 11 is 0. The van der Waals surface area contributed by atoms with Crippen LogP contribution in [0.3, 0.4) is 0 Å². The predicted octanol–water partition coefficient (Wildman–Crippen LogP) is 4.49. The maximum Gasteiger partial charge on any atom is 0.408 e. The smallest absolute Gasteiger partial charge is 0.408 e. The number of esters is 1. The summed E-state index contributed by atoms with van der Waals surface area (Å²) in [7, 11) is 1.77. The molecule has 1 atom stereocenters. The van der Waals surface area contributed by atoms with Gasteiger partial charge in [0.15, 0.2) is 6.04 Å². The number of carbonyl (C=O) groups is 2. The quantitative estimate of drug-likeness (QED) is 0.723. The van der Waals surface area contributed by atoms with Crippen LogP contribution in [-0.2, 0) is 19.0 Å². The molecule has 0 bridgehead atoms. The number of alkyl carbamates (subject to hydrolysis) is 1. The summed E-state index contributed by atoms with van der Waals surface area (Å²) in [5.74, 6) is 0.00187. The lowest BCUT2D eigenvalue weighted by atomic mass is 9.82. The molecule has 1 saturated carbocycles. The van der Waals surface area contributed by atoms with E-state index in [0.29, 0.717) is 17.6 Å². The molecular formula is C22H33NO5. The first-order valence-electron chi connectivity index (χ1n) is 10.0. The molecule has 6 nitrogen and oxygen atoms in total. The molecule has 0 saturated heterocycles. The van der Waals surface area contributed by atoms with Crippen LogP contribution >= 0.6 is 0 Å². The first kappa shape index (κ1) is 22.2. The van der Waals surface area contributed by atoms with E-state index in [1.54, 1.807) is 34.8 Å². The molecule has 1 aliphatic rings. The van der Waals surface area contributed by atoms with Gasteiger partial charge in [-0.15, -0.1) is 0 Å². The molecule has 1 aromatic carbocycles. The Morgan fingerprint density at radius 3 is 2.21 bits per heavy atom. The van der Waals surface area contributed by atoms with Gasteiger partial charge in [0.2, 0.25) is 0 Å². The first-order valence-corrected chi connectivity index (χ1v) is 10.0. The molecule has 0 heterocycles. The Kier molecular flexibility index (Phi) is 7.87. The Balaban J connectivity index is 2.10. The fourth-order valence-electron chi connectivity index (χ4n) is 3.52. The van der Waals surface area contributed by atoms with E-state index < -0.39 is 23.7 Å². The van der Waals surface area contributed by atoms with Crippen LogP contribution in [0.1, 0.15) is 76.5 Å². The largest absolute Gasteiger partial charge is 0.464 e. The molecule has 0 spiro atoms. The molecule has 2 rings (SSSR count). The molecule has 156 valence electrons. The van der Waals surface area contributed by atoms with Gasteiger partial charge in [-0.25, -0.2) is 9.59 Å². The van der Waals surface area contributed by atoms with E-state index in [2.05, 4.69) is 5.32 Å². The molecular weight excluding hydrogens is 358 g/mol. The molecule has 1 aromatic rings. The van der Waals surface area contributed by atoms with Crippen molar-refractivity contribution in [2.75, 3.05) is 13.7 Å². The highest BCUT2D eigenvalue weighted by molar-refractivity contribution is 5.82. The van der Waals surface area contributed by atoms with E-state index in [1.807, 2.05) is 24.3 Å². The van der Waals surface area contributed by atoms with Crippen LogP contribution in [0.4, 0.5) is 4.79 Å². The number of carbonyl (C=O) groups excluding carboxylic acids is 2. The normalized spacial score (nSPS) is 20.9. The van der Waals surface area contributed by atoms with Crippen molar-refractivity contribution in [2.45, 2.75) is 77.0 Å². The zero-order valence-electron chi connectivity index (χ0n) is 17.6. The number of hydrogen-bond donors (Lipinski definition) is 1. The maximum atomic E-state index is 12.4. The van der Waals surface area contributed by atoms with Crippen LogP contribution in [0.15, 0.2) is 24.3 Å². The Labute approximate surface area is 167 Å². The summed E-state index contributed by atoms with van der Waals surface area (Å²) in [6.45, 7) is 7.31. The minimum atomic E-state index is -0.895. The summed E-state index contributed by atoms with van der Waals surface area (Å²) in [5, 5.41) is 2.63. The van der Waals surface area contributed by atoms with Crippen molar-refractivity contribution in [1.82, 2.24) is 5.32 Å². The molecule has 6 heteroatoms. The van der Waals surface area contributed by atoms with E-state index in [0.717, 1.165) is 25.7 Å². The summed E-state index contributed by atoms with van der Waals surface area (Å²) in [6, 6.07) is 6.95. The molecule has 1 fully saturated rings. The zero-order chi connectivity index (χ0) is 20.7. The number of rotatable bonds is 6. The maximum absolute atomic E-state index is 12.4. The highest BCUT2D eigenvalue weighted by atomic mass is 16.6. The molecule has 0 aromatic heterocycles. The summed E-state index contributed by atoms with van der Waals surface area (Å²) in [4.78, 5) is 24.6. The van der Waals surface area contributed by atoms with Gasteiger partial charge < -0.3 is 19.5 Å². The molecule has 1 aliphatic carbocycles. The Hall–Kier alpha value is -2.08. The highest BCUT2D eigenvalue weighted by Crippen LogP contribution is 2.34. The second kappa shape index (κ2) is 9.92.